The molecule has 0 saturated carbocycles. The maximum atomic E-state index is 12.5. The van der Waals surface area contributed by atoms with Gasteiger partial charge in [0.1, 0.15) is 4.21 Å². The lowest BCUT2D eigenvalue weighted by molar-refractivity contribution is -0.119. The molecule has 2 aromatic heterocycles. The van der Waals surface area contributed by atoms with E-state index >= 15 is 0 Å². The van der Waals surface area contributed by atoms with E-state index < -0.39 is 10.0 Å². The van der Waals surface area contributed by atoms with Crippen molar-refractivity contribution in [1.29, 1.82) is 0 Å². The molecule has 1 aliphatic rings. The van der Waals surface area contributed by atoms with E-state index in [1.165, 1.54) is 22.6 Å². The molecule has 22 heavy (non-hydrogen) atoms. The van der Waals surface area contributed by atoms with E-state index in [1.54, 1.807) is 22.2 Å². The fraction of sp³-hybridized carbons (Fsp3) is 0.385. The van der Waals surface area contributed by atoms with E-state index in [9.17, 15) is 13.2 Å². The monoisotopic (exact) mass is 340 g/mol. The molecule has 1 amide bonds. The molecule has 0 fully saturated rings. The number of hydrogen-bond donors (Lipinski definition) is 1. The van der Waals surface area contributed by atoms with Crippen LogP contribution in [-0.2, 0) is 34.5 Å². The van der Waals surface area contributed by atoms with Crippen LogP contribution in [0.25, 0.3) is 0 Å². The van der Waals surface area contributed by atoms with Gasteiger partial charge < -0.3 is 5.32 Å². The topological polar surface area (TPSA) is 84.3 Å². The Bertz CT molecular complexity index is 780. The van der Waals surface area contributed by atoms with Crippen LogP contribution in [0.4, 0.5) is 0 Å². The molecule has 0 spiro atoms. The first-order valence-corrected chi connectivity index (χ1v) is 9.12. The molecule has 0 bridgehead atoms. The first-order chi connectivity index (χ1) is 10.5. The summed E-state index contributed by atoms with van der Waals surface area (Å²) in [7, 11) is -3.44. The molecule has 0 aliphatic carbocycles. The van der Waals surface area contributed by atoms with Gasteiger partial charge in [-0.15, -0.1) is 11.3 Å². The first-order valence-electron chi connectivity index (χ1n) is 6.80. The van der Waals surface area contributed by atoms with E-state index in [1.807, 2.05) is 6.07 Å². The number of carbonyl (C=O) groups is 1. The standard InChI is InChI=1S/C13H16N4O3S2/c1-10(18)14-8-11-7-12-9-16(4-5-17(12)15-11)22(19,20)13-3-2-6-21-13/h2-3,6-7H,4-5,8-9H2,1H3,(H,14,18). The fourth-order valence-electron chi connectivity index (χ4n) is 2.35. The lowest BCUT2D eigenvalue weighted by Crippen LogP contribution is -2.38. The number of fused-ring (bicyclic) bond motifs is 1. The van der Waals surface area contributed by atoms with E-state index in [-0.39, 0.29) is 5.91 Å². The molecule has 3 rings (SSSR count). The summed E-state index contributed by atoms with van der Waals surface area (Å²) in [6.07, 6.45) is 0. The van der Waals surface area contributed by atoms with Crippen molar-refractivity contribution >= 4 is 27.3 Å². The van der Waals surface area contributed by atoms with Crippen molar-refractivity contribution < 1.29 is 13.2 Å². The summed E-state index contributed by atoms with van der Waals surface area (Å²) in [5.41, 5.74) is 1.58. The van der Waals surface area contributed by atoms with Gasteiger partial charge in [-0.2, -0.15) is 9.40 Å². The van der Waals surface area contributed by atoms with Crippen molar-refractivity contribution in [3.05, 3.63) is 35.0 Å². The highest BCUT2D eigenvalue weighted by molar-refractivity contribution is 7.91. The second-order valence-corrected chi connectivity index (χ2v) is 8.14. The zero-order chi connectivity index (χ0) is 15.7. The predicted octanol–water partition coefficient (Wildman–Crippen LogP) is 0.785. The molecule has 3 heterocycles. The Morgan fingerprint density at radius 3 is 2.95 bits per heavy atom. The molecule has 2 aromatic rings. The second kappa shape index (κ2) is 5.82. The minimum Gasteiger partial charge on any atom is -0.351 e. The molecule has 1 N–H and O–H groups in total. The molecule has 118 valence electrons. The minimum atomic E-state index is -3.44. The summed E-state index contributed by atoms with van der Waals surface area (Å²) in [6, 6.07) is 5.19. The van der Waals surface area contributed by atoms with Crippen LogP contribution >= 0.6 is 11.3 Å². The summed E-state index contributed by atoms with van der Waals surface area (Å²) >= 11 is 1.22. The summed E-state index contributed by atoms with van der Waals surface area (Å²) in [6.45, 7) is 3.01. The zero-order valence-electron chi connectivity index (χ0n) is 12.0. The number of amides is 1. The van der Waals surface area contributed by atoms with Crippen molar-refractivity contribution in [2.75, 3.05) is 6.54 Å². The number of hydrogen-bond acceptors (Lipinski definition) is 5. The van der Waals surface area contributed by atoms with Gasteiger partial charge in [-0.3, -0.25) is 9.48 Å². The van der Waals surface area contributed by atoms with Crippen molar-refractivity contribution in [3.8, 4) is 0 Å². The maximum absolute atomic E-state index is 12.5. The van der Waals surface area contributed by atoms with Gasteiger partial charge in [-0.1, -0.05) is 6.07 Å². The summed E-state index contributed by atoms with van der Waals surface area (Å²) in [5, 5.41) is 8.83. The lowest BCUT2D eigenvalue weighted by Gasteiger charge is -2.26. The van der Waals surface area contributed by atoms with Crippen LogP contribution in [0.15, 0.2) is 27.8 Å². The fourth-order valence-corrected chi connectivity index (χ4v) is 4.89. The van der Waals surface area contributed by atoms with Crippen LogP contribution in [0.1, 0.15) is 18.3 Å². The lowest BCUT2D eigenvalue weighted by atomic mass is 10.3. The van der Waals surface area contributed by atoms with E-state index in [2.05, 4.69) is 10.4 Å². The highest BCUT2D eigenvalue weighted by atomic mass is 32.2. The number of aromatic nitrogens is 2. The number of sulfonamides is 1. The smallest absolute Gasteiger partial charge is 0.252 e. The van der Waals surface area contributed by atoms with E-state index in [4.69, 9.17) is 0 Å². The third-order valence-corrected chi connectivity index (χ3v) is 6.64. The maximum Gasteiger partial charge on any atom is 0.252 e. The average Bonchev–Trinajstić information content (AvgIpc) is 3.13. The van der Waals surface area contributed by atoms with Crippen LogP contribution < -0.4 is 5.32 Å². The quantitative estimate of drug-likeness (QED) is 0.892. The SMILES string of the molecule is CC(=O)NCc1cc2n(n1)CCN(S(=O)(=O)c1cccs1)C2. The van der Waals surface area contributed by atoms with Crippen molar-refractivity contribution in [3.63, 3.8) is 0 Å². The molecule has 0 aromatic carbocycles. The predicted molar refractivity (Wildman–Crippen MR) is 81.7 cm³/mol. The highest BCUT2D eigenvalue weighted by Gasteiger charge is 2.29. The van der Waals surface area contributed by atoms with Gasteiger partial charge in [0.05, 0.1) is 31.0 Å². The second-order valence-electron chi connectivity index (χ2n) is 5.03. The highest BCUT2D eigenvalue weighted by Crippen LogP contribution is 2.25. The molecule has 7 nitrogen and oxygen atoms in total. The zero-order valence-corrected chi connectivity index (χ0v) is 13.7. The molecular weight excluding hydrogens is 324 g/mol. The molecule has 0 unspecified atom stereocenters. The van der Waals surface area contributed by atoms with Gasteiger partial charge in [0.2, 0.25) is 5.91 Å². The first kappa shape index (κ1) is 15.2. The largest absolute Gasteiger partial charge is 0.351 e. The van der Waals surface area contributed by atoms with Crippen LogP contribution in [0, 0.1) is 0 Å². The van der Waals surface area contributed by atoms with E-state index in [0.717, 1.165) is 11.4 Å². The summed E-state index contributed by atoms with van der Waals surface area (Å²) < 4.78 is 28.7. The van der Waals surface area contributed by atoms with Gasteiger partial charge in [0, 0.05) is 13.5 Å². The summed E-state index contributed by atoms with van der Waals surface area (Å²) in [4.78, 5) is 10.9. The molecule has 0 atom stereocenters. The number of carbonyl (C=O) groups excluding carboxylic acids is 1. The van der Waals surface area contributed by atoms with Gasteiger partial charge in [0.25, 0.3) is 10.0 Å². The molecular formula is C13H16N4O3S2. The summed E-state index contributed by atoms with van der Waals surface area (Å²) in [5.74, 6) is -0.118. The van der Waals surface area contributed by atoms with Crippen molar-refractivity contribution in [1.82, 2.24) is 19.4 Å². The van der Waals surface area contributed by atoms with Gasteiger partial charge in [-0.05, 0) is 17.5 Å². The Balaban J connectivity index is 1.78. The van der Waals surface area contributed by atoms with Crippen LogP contribution in [0.2, 0.25) is 0 Å². The minimum absolute atomic E-state index is 0.118. The van der Waals surface area contributed by atoms with Crippen LogP contribution in [-0.4, -0.2) is 35.0 Å². The average molecular weight is 340 g/mol. The Morgan fingerprint density at radius 2 is 2.27 bits per heavy atom. The Morgan fingerprint density at radius 1 is 1.45 bits per heavy atom. The normalized spacial score (nSPS) is 15.5. The van der Waals surface area contributed by atoms with Crippen LogP contribution in [0.5, 0.6) is 0 Å². The van der Waals surface area contributed by atoms with Gasteiger partial charge >= 0.3 is 0 Å². The Kier molecular flexibility index (Phi) is 4.02. The Hall–Kier alpha value is -1.71. The Labute approximate surface area is 132 Å². The number of rotatable bonds is 4. The molecule has 9 heteroatoms. The molecule has 0 saturated heterocycles. The van der Waals surface area contributed by atoms with E-state index in [0.29, 0.717) is 30.4 Å². The third-order valence-electron chi connectivity index (χ3n) is 3.42. The number of nitrogens with one attached hydrogen (secondary N) is 1. The van der Waals surface area contributed by atoms with Crippen LogP contribution in [0.3, 0.4) is 0 Å². The third kappa shape index (κ3) is 2.92. The van der Waals surface area contributed by atoms with Crippen molar-refractivity contribution in [2.45, 2.75) is 30.8 Å². The van der Waals surface area contributed by atoms with Gasteiger partial charge in [0.15, 0.2) is 0 Å². The molecule has 1 aliphatic heterocycles. The number of thiophene rings is 1. The molecule has 0 radical (unpaired) electrons. The number of nitrogens with zero attached hydrogens (tertiary/aromatic N) is 3. The van der Waals surface area contributed by atoms with Crippen molar-refractivity contribution in [2.24, 2.45) is 0 Å². The van der Waals surface area contributed by atoms with Gasteiger partial charge in [-0.25, -0.2) is 8.42 Å².